The van der Waals surface area contributed by atoms with Gasteiger partial charge in [0.25, 0.3) is 0 Å². The molecule has 2 rings (SSSR count). The highest BCUT2D eigenvalue weighted by Crippen LogP contribution is 2.28. The molecule has 0 heterocycles. The van der Waals surface area contributed by atoms with E-state index in [1.165, 1.54) is 38.6 Å². The monoisotopic (exact) mass is 161 g/mol. The summed E-state index contributed by atoms with van der Waals surface area (Å²) in [7, 11) is 0. The Morgan fingerprint density at radius 1 is 1.10 bits per heavy atom. The van der Waals surface area contributed by atoms with Crippen LogP contribution in [0.15, 0.2) is 0 Å². The fourth-order valence-corrected chi connectivity index (χ4v) is 1.27. The van der Waals surface area contributed by atoms with E-state index in [4.69, 9.17) is 0 Å². The van der Waals surface area contributed by atoms with Gasteiger partial charge in [-0.2, -0.15) is 0 Å². The summed E-state index contributed by atoms with van der Waals surface area (Å²) in [5.41, 5.74) is 0. The van der Waals surface area contributed by atoms with Crippen molar-refractivity contribution in [2.75, 3.05) is 6.54 Å². The minimum Gasteiger partial charge on any atom is -0.314 e. The molecule has 1 N–H and O–H groups in total. The van der Waals surface area contributed by atoms with Crippen molar-refractivity contribution < 1.29 is 0 Å². The Labute approximate surface area is 69.0 Å². The molecule has 0 bridgehead atoms. The lowest BCUT2D eigenvalue weighted by molar-refractivity contribution is 0.336. The summed E-state index contributed by atoms with van der Waals surface area (Å²) in [5, 5.41) is 3.58. The fraction of sp³-hybridized carbons (Fsp3) is 1.00. The maximum absolute atomic E-state index is 3.58. The van der Waals surface area contributed by atoms with Gasteiger partial charge in [-0.15, -0.1) is 12.4 Å². The van der Waals surface area contributed by atoms with Crippen molar-refractivity contribution in [3.05, 3.63) is 0 Å². The van der Waals surface area contributed by atoms with E-state index in [1.54, 1.807) is 0 Å². The maximum atomic E-state index is 3.58. The topological polar surface area (TPSA) is 12.0 Å². The number of nitrogens with one attached hydrogen (secondary N) is 1. The largest absolute Gasteiger partial charge is 0.314 e. The predicted molar refractivity (Wildman–Crippen MR) is 45.6 cm³/mol. The van der Waals surface area contributed by atoms with Gasteiger partial charge >= 0.3 is 0 Å². The molecule has 2 saturated carbocycles. The quantitative estimate of drug-likeness (QED) is 0.668. The van der Waals surface area contributed by atoms with Crippen molar-refractivity contribution >= 4 is 12.4 Å². The van der Waals surface area contributed by atoms with E-state index in [1.807, 2.05) is 0 Å². The lowest BCUT2D eigenvalue weighted by Gasteiger charge is -2.26. The van der Waals surface area contributed by atoms with Crippen LogP contribution in [0.25, 0.3) is 0 Å². The number of hydrogen-bond acceptors (Lipinski definition) is 1. The van der Waals surface area contributed by atoms with Crippen LogP contribution in [0, 0.1) is 5.92 Å². The van der Waals surface area contributed by atoms with Crippen LogP contribution in [0.5, 0.6) is 0 Å². The van der Waals surface area contributed by atoms with E-state index in [-0.39, 0.29) is 12.4 Å². The first-order valence-corrected chi connectivity index (χ1v) is 4.18. The van der Waals surface area contributed by atoms with Gasteiger partial charge in [-0.1, -0.05) is 6.42 Å². The Bertz CT molecular complexity index is 97.4. The third kappa shape index (κ3) is 2.14. The summed E-state index contributed by atoms with van der Waals surface area (Å²) in [5.74, 6) is 1.06. The molecule has 0 amide bonds. The molecule has 0 unspecified atom stereocenters. The third-order valence-corrected chi connectivity index (χ3v) is 2.50. The van der Waals surface area contributed by atoms with Crippen LogP contribution in [0.1, 0.15) is 32.1 Å². The maximum Gasteiger partial charge on any atom is 0.00671 e. The normalized spacial score (nSPS) is 25.2. The van der Waals surface area contributed by atoms with E-state index in [9.17, 15) is 0 Å². The van der Waals surface area contributed by atoms with Gasteiger partial charge in [-0.25, -0.2) is 0 Å². The Morgan fingerprint density at radius 3 is 2.20 bits per heavy atom. The summed E-state index contributed by atoms with van der Waals surface area (Å²) in [6.07, 6.45) is 7.31. The van der Waals surface area contributed by atoms with Crippen molar-refractivity contribution in [1.82, 2.24) is 5.32 Å². The Morgan fingerprint density at radius 2 is 1.80 bits per heavy atom. The SMILES string of the molecule is C1CC(NCC2CC2)C1.Cl. The van der Waals surface area contributed by atoms with Crippen LogP contribution >= 0.6 is 12.4 Å². The van der Waals surface area contributed by atoms with Crippen LogP contribution in [0.3, 0.4) is 0 Å². The number of halogens is 1. The molecule has 0 aliphatic heterocycles. The number of hydrogen-bond donors (Lipinski definition) is 1. The molecule has 0 aromatic heterocycles. The summed E-state index contributed by atoms with van der Waals surface area (Å²) in [6.45, 7) is 1.31. The molecular weight excluding hydrogens is 146 g/mol. The average Bonchev–Trinajstić information content (AvgIpc) is 2.44. The Balaban J connectivity index is 0.000000500. The van der Waals surface area contributed by atoms with Gasteiger partial charge in [0.15, 0.2) is 0 Å². The van der Waals surface area contributed by atoms with Gasteiger partial charge in [-0.3, -0.25) is 0 Å². The minimum atomic E-state index is 0. The second-order valence-corrected chi connectivity index (χ2v) is 3.48. The summed E-state index contributed by atoms with van der Waals surface area (Å²) >= 11 is 0. The molecule has 2 aliphatic carbocycles. The van der Waals surface area contributed by atoms with E-state index < -0.39 is 0 Å². The summed E-state index contributed by atoms with van der Waals surface area (Å²) in [6, 6.07) is 0.908. The lowest BCUT2D eigenvalue weighted by atomic mass is 9.93. The molecule has 10 heavy (non-hydrogen) atoms. The molecule has 0 aromatic carbocycles. The number of rotatable bonds is 3. The van der Waals surface area contributed by atoms with Crippen LogP contribution in [-0.4, -0.2) is 12.6 Å². The molecule has 2 fully saturated rings. The van der Waals surface area contributed by atoms with Gasteiger partial charge < -0.3 is 5.32 Å². The van der Waals surface area contributed by atoms with Crippen molar-refractivity contribution in [3.8, 4) is 0 Å². The second kappa shape index (κ2) is 3.59. The van der Waals surface area contributed by atoms with Crippen molar-refractivity contribution in [1.29, 1.82) is 0 Å². The smallest absolute Gasteiger partial charge is 0.00671 e. The highest BCUT2D eigenvalue weighted by atomic mass is 35.5. The predicted octanol–water partition coefficient (Wildman–Crippen LogP) is 1.96. The van der Waals surface area contributed by atoms with E-state index >= 15 is 0 Å². The Hall–Kier alpha value is 0.250. The molecule has 1 nitrogen and oxygen atoms in total. The van der Waals surface area contributed by atoms with Gasteiger partial charge in [0.05, 0.1) is 0 Å². The van der Waals surface area contributed by atoms with E-state index in [2.05, 4.69) is 5.32 Å². The van der Waals surface area contributed by atoms with Crippen molar-refractivity contribution in [2.45, 2.75) is 38.1 Å². The Kier molecular flexibility index (Phi) is 2.99. The highest BCUT2D eigenvalue weighted by molar-refractivity contribution is 5.85. The van der Waals surface area contributed by atoms with Gasteiger partial charge in [0.1, 0.15) is 0 Å². The van der Waals surface area contributed by atoms with Crippen molar-refractivity contribution in [2.24, 2.45) is 5.92 Å². The lowest BCUT2D eigenvalue weighted by Crippen LogP contribution is -2.36. The van der Waals surface area contributed by atoms with E-state index in [0.717, 1.165) is 12.0 Å². The molecule has 2 heteroatoms. The molecule has 0 spiro atoms. The fourth-order valence-electron chi connectivity index (χ4n) is 1.27. The average molecular weight is 162 g/mol. The molecule has 2 aliphatic rings. The first kappa shape index (κ1) is 8.35. The summed E-state index contributed by atoms with van der Waals surface area (Å²) < 4.78 is 0. The summed E-state index contributed by atoms with van der Waals surface area (Å²) in [4.78, 5) is 0. The minimum absolute atomic E-state index is 0. The van der Waals surface area contributed by atoms with Crippen LogP contribution in [-0.2, 0) is 0 Å². The molecule has 0 atom stereocenters. The van der Waals surface area contributed by atoms with Crippen LogP contribution in [0.4, 0.5) is 0 Å². The van der Waals surface area contributed by atoms with Crippen LogP contribution in [0.2, 0.25) is 0 Å². The zero-order valence-corrected chi connectivity index (χ0v) is 7.12. The molecular formula is C8H16ClN. The third-order valence-electron chi connectivity index (χ3n) is 2.50. The molecule has 0 saturated heterocycles. The zero-order valence-electron chi connectivity index (χ0n) is 6.31. The molecule has 60 valence electrons. The van der Waals surface area contributed by atoms with Crippen LogP contribution < -0.4 is 5.32 Å². The van der Waals surface area contributed by atoms with Gasteiger partial charge in [-0.05, 0) is 38.1 Å². The second-order valence-electron chi connectivity index (χ2n) is 3.48. The van der Waals surface area contributed by atoms with E-state index in [0.29, 0.717) is 0 Å². The van der Waals surface area contributed by atoms with Gasteiger partial charge in [0.2, 0.25) is 0 Å². The zero-order chi connectivity index (χ0) is 6.10. The first-order valence-electron chi connectivity index (χ1n) is 4.18. The molecule has 0 aromatic rings. The van der Waals surface area contributed by atoms with Gasteiger partial charge in [0, 0.05) is 6.04 Å². The molecule has 0 radical (unpaired) electrons. The highest BCUT2D eigenvalue weighted by Gasteiger charge is 2.23. The first-order chi connectivity index (χ1) is 4.45. The standard InChI is InChI=1S/C8H15N.ClH/c1-2-8(3-1)9-6-7-4-5-7;/h7-9H,1-6H2;1H. The van der Waals surface area contributed by atoms with Crippen molar-refractivity contribution in [3.63, 3.8) is 0 Å².